The molecular weight excluding hydrogens is 232 g/mol. The number of carboxylic acids is 1. The van der Waals surface area contributed by atoms with Gasteiger partial charge in [-0.15, -0.1) is 0 Å². The smallest absolute Gasteiger partial charge is 0.305 e. The van der Waals surface area contributed by atoms with E-state index < -0.39 is 5.97 Å². The molecule has 0 aromatic rings. The van der Waals surface area contributed by atoms with Crippen LogP contribution in [0.1, 0.15) is 53.9 Å². The van der Waals surface area contributed by atoms with Gasteiger partial charge in [-0.05, 0) is 41.0 Å². The van der Waals surface area contributed by atoms with Crippen molar-refractivity contribution < 1.29 is 14.7 Å². The Bertz CT molecular complexity index is 300. The van der Waals surface area contributed by atoms with Gasteiger partial charge in [0.1, 0.15) is 0 Å². The molecule has 0 aliphatic rings. The van der Waals surface area contributed by atoms with Gasteiger partial charge in [0.25, 0.3) is 0 Å². The van der Waals surface area contributed by atoms with Crippen molar-refractivity contribution >= 4 is 11.9 Å². The van der Waals surface area contributed by atoms with E-state index in [-0.39, 0.29) is 30.0 Å². The molecule has 0 aliphatic carbocycles. The van der Waals surface area contributed by atoms with Gasteiger partial charge in [-0.25, -0.2) is 0 Å². The highest BCUT2D eigenvalue weighted by Gasteiger charge is 2.27. The quantitative estimate of drug-likeness (QED) is 0.758. The van der Waals surface area contributed by atoms with Gasteiger partial charge in [-0.3, -0.25) is 9.59 Å². The van der Waals surface area contributed by atoms with Crippen molar-refractivity contribution in [3.05, 3.63) is 0 Å². The number of nitrogens with zero attached hydrogens (tertiary/aromatic N) is 1. The van der Waals surface area contributed by atoms with Gasteiger partial charge in [0.15, 0.2) is 0 Å². The maximum absolute atomic E-state index is 12.1. The van der Waals surface area contributed by atoms with E-state index in [1.165, 1.54) is 0 Å². The van der Waals surface area contributed by atoms with Crippen molar-refractivity contribution in [1.29, 1.82) is 0 Å². The second-order valence-corrected chi connectivity index (χ2v) is 6.35. The first kappa shape index (κ1) is 16.9. The van der Waals surface area contributed by atoms with Crippen molar-refractivity contribution in [2.24, 2.45) is 5.73 Å². The zero-order valence-corrected chi connectivity index (χ0v) is 12.1. The lowest BCUT2D eigenvalue weighted by Gasteiger charge is -2.36. The van der Waals surface area contributed by atoms with E-state index >= 15 is 0 Å². The zero-order valence-electron chi connectivity index (χ0n) is 12.1. The minimum Gasteiger partial charge on any atom is -0.481 e. The molecule has 0 unspecified atom stereocenters. The molecule has 0 aromatic carbocycles. The molecule has 0 spiro atoms. The van der Waals surface area contributed by atoms with Gasteiger partial charge in [0, 0.05) is 24.0 Å². The number of nitrogens with two attached hydrogens (primary N) is 1. The normalized spacial score (nSPS) is 12.3. The monoisotopic (exact) mass is 258 g/mol. The second kappa shape index (κ2) is 6.18. The number of hydrogen-bond acceptors (Lipinski definition) is 3. The summed E-state index contributed by atoms with van der Waals surface area (Å²) in [5.41, 5.74) is 5.10. The van der Waals surface area contributed by atoms with Crippen LogP contribution < -0.4 is 5.73 Å². The number of aliphatic carboxylic acids is 1. The molecule has 0 heterocycles. The third kappa shape index (κ3) is 7.27. The van der Waals surface area contributed by atoms with Crippen LogP contribution in [0, 0.1) is 0 Å². The minimum atomic E-state index is -0.892. The lowest BCUT2D eigenvalue weighted by atomic mass is 9.98. The molecule has 0 atom stereocenters. The van der Waals surface area contributed by atoms with Gasteiger partial charge in [0.2, 0.25) is 5.91 Å². The van der Waals surface area contributed by atoms with Crippen molar-refractivity contribution in [3.63, 3.8) is 0 Å². The lowest BCUT2D eigenvalue weighted by Crippen LogP contribution is -2.47. The number of carboxylic acid groups (broad SMARTS) is 1. The SMILES string of the molecule is CC(C)(N)CCC(=O)N(CCC(=O)O)C(C)(C)C. The Morgan fingerprint density at radius 2 is 1.61 bits per heavy atom. The summed E-state index contributed by atoms with van der Waals surface area (Å²) < 4.78 is 0. The highest BCUT2D eigenvalue weighted by Crippen LogP contribution is 2.17. The summed E-state index contributed by atoms with van der Waals surface area (Å²) in [6.07, 6.45) is 0.904. The van der Waals surface area contributed by atoms with Gasteiger partial charge < -0.3 is 15.7 Å². The number of rotatable bonds is 6. The Balaban J connectivity index is 4.56. The molecule has 5 nitrogen and oxygen atoms in total. The van der Waals surface area contributed by atoms with Crippen LogP contribution in [0.4, 0.5) is 0 Å². The predicted molar refractivity (Wildman–Crippen MR) is 71.2 cm³/mol. The molecule has 0 radical (unpaired) electrons. The van der Waals surface area contributed by atoms with Gasteiger partial charge >= 0.3 is 5.97 Å². The van der Waals surface area contributed by atoms with Crippen molar-refractivity contribution in [1.82, 2.24) is 4.90 Å². The minimum absolute atomic E-state index is 0.0327. The van der Waals surface area contributed by atoms with Crippen LogP contribution in [0.3, 0.4) is 0 Å². The van der Waals surface area contributed by atoms with Crippen LogP contribution in [0.5, 0.6) is 0 Å². The highest BCUT2D eigenvalue weighted by atomic mass is 16.4. The fourth-order valence-electron chi connectivity index (χ4n) is 1.61. The van der Waals surface area contributed by atoms with Gasteiger partial charge in [-0.1, -0.05) is 0 Å². The fourth-order valence-corrected chi connectivity index (χ4v) is 1.61. The topological polar surface area (TPSA) is 83.6 Å². The van der Waals surface area contributed by atoms with Crippen LogP contribution in [0.25, 0.3) is 0 Å². The maximum Gasteiger partial charge on any atom is 0.305 e. The summed E-state index contributed by atoms with van der Waals surface area (Å²) in [5.74, 6) is -0.932. The van der Waals surface area contributed by atoms with E-state index in [1.54, 1.807) is 4.90 Å². The molecule has 0 fully saturated rings. The zero-order chi connectivity index (χ0) is 14.6. The molecule has 18 heavy (non-hydrogen) atoms. The molecule has 1 amide bonds. The molecule has 0 saturated carbocycles. The highest BCUT2D eigenvalue weighted by molar-refractivity contribution is 5.77. The fraction of sp³-hybridized carbons (Fsp3) is 0.846. The van der Waals surface area contributed by atoms with Crippen molar-refractivity contribution in [3.8, 4) is 0 Å². The third-order valence-electron chi connectivity index (χ3n) is 2.64. The van der Waals surface area contributed by atoms with Gasteiger partial charge in [0.05, 0.1) is 6.42 Å². The summed E-state index contributed by atoms with van der Waals surface area (Å²) >= 11 is 0. The average Bonchev–Trinajstić information content (AvgIpc) is 2.11. The number of carbonyl (C=O) groups is 2. The molecular formula is C13H26N2O3. The van der Waals surface area contributed by atoms with E-state index in [1.807, 2.05) is 34.6 Å². The first-order valence-corrected chi connectivity index (χ1v) is 6.24. The van der Waals surface area contributed by atoms with E-state index in [2.05, 4.69) is 0 Å². The van der Waals surface area contributed by atoms with Crippen molar-refractivity contribution in [2.75, 3.05) is 6.54 Å². The van der Waals surface area contributed by atoms with Crippen LogP contribution in [-0.4, -0.2) is 39.5 Å². The Hall–Kier alpha value is -1.10. The average molecular weight is 258 g/mol. The summed E-state index contributed by atoms with van der Waals surface area (Å²) in [4.78, 5) is 24.4. The Morgan fingerprint density at radius 1 is 1.11 bits per heavy atom. The second-order valence-electron chi connectivity index (χ2n) is 6.35. The number of amides is 1. The first-order chi connectivity index (χ1) is 7.93. The Kier molecular flexibility index (Phi) is 5.80. The molecule has 106 valence electrons. The largest absolute Gasteiger partial charge is 0.481 e. The van der Waals surface area contributed by atoms with E-state index in [0.717, 1.165) is 0 Å². The molecule has 0 rings (SSSR count). The molecule has 3 N–H and O–H groups in total. The standard InChI is InChI=1S/C13H26N2O3/c1-12(2,3)15(9-7-11(17)18)10(16)6-8-13(4,5)14/h6-9,14H2,1-5H3,(H,17,18). The molecule has 0 saturated heterocycles. The summed E-state index contributed by atoms with van der Waals surface area (Å²) in [6.45, 7) is 9.70. The molecule has 5 heteroatoms. The Morgan fingerprint density at radius 3 is 1.94 bits per heavy atom. The lowest BCUT2D eigenvalue weighted by molar-refractivity contribution is -0.140. The summed E-state index contributed by atoms with van der Waals surface area (Å²) in [5, 5.41) is 8.71. The van der Waals surface area contributed by atoms with E-state index in [0.29, 0.717) is 12.8 Å². The van der Waals surface area contributed by atoms with Gasteiger partial charge in [-0.2, -0.15) is 0 Å². The van der Waals surface area contributed by atoms with Crippen molar-refractivity contribution in [2.45, 2.75) is 65.0 Å². The Labute approximate surface area is 109 Å². The van der Waals surface area contributed by atoms with Crippen LogP contribution in [-0.2, 0) is 9.59 Å². The molecule has 0 bridgehead atoms. The molecule has 0 aliphatic heterocycles. The predicted octanol–water partition coefficient (Wildman–Crippen LogP) is 1.61. The number of carbonyl (C=O) groups excluding carboxylic acids is 1. The van der Waals surface area contributed by atoms with Crippen LogP contribution in [0.15, 0.2) is 0 Å². The molecule has 0 aromatic heterocycles. The first-order valence-electron chi connectivity index (χ1n) is 6.24. The van der Waals surface area contributed by atoms with E-state index in [4.69, 9.17) is 10.8 Å². The maximum atomic E-state index is 12.1. The van der Waals surface area contributed by atoms with Crippen LogP contribution in [0.2, 0.25) is 0 Å². The summed E-state index contributed by atoms with van der Waals surface area (Å²) in [7, 11) is 0. The van der Waals surface area contributed by atoms with E-state index in [9.17, 15) is 9.59 Å². The summed E-state index contributed by atoms with van der Waals surface area (Å²) in [6, 6.07) is 0. The third-order valence-corrected chi connectivity index (χ3v) is 2.64. The van der Waals surface area contributed by atoms with Crippen LogP contribution >= 0.6 is 0 Å². The number of hydrogen-bond donors (Lipinski definition) is 2.